The van der Waals surface area contributed by atoms with Crippen LogP contribution in [0.4, 0.5) is 0 Å². The Bertz CT molecular complexity index is 483. The maximum Gasteiger partial charge on any atom is 0.116 e. The van der Waals surface area contributed by atoms with Gasteiger partial charge in [-0.1, -0.05) is 37.7 Å². The molecule has 0 amide bonds. The van der Waals surface area contributed by atoms with E-state index in [9.17, 15) is 0 Å². The molecule has 0 aliphatic heterocycles. The summed E-state index contributed by atoms with van der Waals surface area (Å²) in [6, 6.07) is 10.5. The number of aromatic nitrogens is 2. The summed E-state index contributed by atoms with van der Waals surface area (Å²) < 4.78 is 0. The van der Waals surface area contributed by atoms with Crippen LogP contribution < -0.4 is 5.32 Å². The lowest BCUT2D eigenvalue weighted by Gasteiger charge is -2.08. The molecule has 1 heterocycles. The van der Waals surface area contributed by atoms with Gasteiger partial charge in [0.25, 0.3) is 0 Å². The van der Waals surface area contributed by atoms with Crippen LogP contribution in [-0.2, 0) is 6.54 Å². The number of nitrogens with zero attached hydrogens (tertiary/aromatic N) is 2. The SMILES string of the molecule is CC(C)CNCc1ccc(Sc2ccncn2)cc1. The van der Waals surface area contributed by atoms with Gasteiger partial charge in [-0.15, -0.1) is 0 Å². The molecule has 0 saturated carbocycles. The second-order valence-electron chi connectivity index (χ2n) is 4.82. The fourth-order valence-corrected chi connectivity index (χ4v) is 2.38. The molecule has 100 valence electrons. The molecule has 1 aromatic heterocycles. The molecule has 0 fully saturated rings. The summed E-state index contributed by atoms with van der Waals surface area (Å²) in [5.74, 6) is 0.688. The number of hydrogen-bond donors (Lipinski definition) is 1. The van der Waals surface area contributed by atoms with Crippen LogP contribution in [0.25, 0.3) is 0 Å². The third-order valence-corrected chi connectivity index (χ3v) is 3.54. The molecule has 2 rings (SSSR count). The first-order chi connectivity index (χ1) is 9.24. The van der Waals surface area contributed by atoms with Crippen molar-refractivity contribution in [1.82, 2.24) is 15.3 Å². The van der Waals surface area contributed by atoms with E-state index in [0.29, 0.717) is 5.92 Å². The lowest BCUT2D eigenvalue weighted by molar-refractivity contribution is 0.552. The Kier molecular flexibility index (Phi) is 5.36. The predicted molar refractivity (Wildman–Crippen MR) is 79.1 cm³/mol. The van der Waals surface area contributed by atoms with Crippen LogP contribution in [0, 0.1) is 5.92 Å². The molecule has 0 unspecified atom stereocenters. The van der Waals surface area contributed by atoms with Gasteiger partial charge in [-0.25, -0.2) is 9.97 Å². The molecule has 0 saturated heterocycles. The largest absolute Gasteiger partial charge is 0.312 e. The average molecular weight is 273 g/mol. The summed E-state index contributed by atoms with van der Waals surface area (Å²) in [6.45, 7) is 6.41. The number of nitrogens with one attached hydrogen (secondary N) is 1. The molecule has 1 aromatic carbocycles. The molecule has 4 heteroatoms. The minimum absolute atomic E-state index is 0.688. The Morgan fingerprint density at radius 3 is 2.58 bits per heavy atom. The molecule has 19 heavy (non-hydrogen) atoms. The van der Waals surface area contributed by atoms with Gasteiger partial charge in [0.05, 0.1) is 0 Å². The van der Waals surface area contributed by atoms with Gasteiger partial charge in [-0.05, 0) is 36.2 Å². The minimum Gasteiger partial charge on any atom is -0.312 e. The fourth-order valence-electron chi connectivity index (χ4n) is 1.64. The quantitative estimate of drug-likeness (QED) is 0.819. The lowest BCUT2D eigenvalue weighted by Crippen LogP contribution is -2.18. The highest BCUT2D eigenvalue weighted by Gasteiger charge is 1.99. The summed E-state index contributed by atoms with van der Waals surface area (Å²) in [6.07, 6.45) is 3.34. The molecule has 2 aromatic rings. The van der Waals surface area contributed by atoms with Crippen molar-refractivity contribution in [2.24, 2.45) is 5.92 Å². The van der Waals surface area contributed by atoms with Gasteiger partial charge in [-0.2, -0.15) is 0 Å². The van der Waals surface area contributed by atoms with Crippen molar-refractivity contribution in [2.45, 2.75) is 30.3 Å². The van der Waals surface area contributed by atoms with E-state index in [4.69, 9.17) is 0 Å². The zero-order chi connectivity index (χ0) is 13.5. The molecule has 3 nitrogen and oxygen atoms in total. The van der Waals surface area contributed by atoms with Gasteiger partial charge in [0, 0.05) is 17.6 Å². The Balaban J connectivity index is 1.88. The second-order valence-corrected chi connectivity index (χ2v) is 5.91. The fraction of sp³-hybridized carbons (Fsp3) is 0.333. The Morgan fingerprint density at radius 2 is 1.95 bits per heavy atom. The van der Waals surface area contributed by atoms with Crippen molar-refractivity contribution < 1.29 is 0 Å². The number of rotatable bonds is 6. The van der Waals surface area contributed by atoms with Crippen LogP contribution >= 0.6 is 11.8 Å². The van der Waals surface area contributed by atoms with Crippen LogP contribution in [0.3, 0.4) is 0 Å². The van der Waals surface area contributed by atoms with E-state index in [-0.39, 0.29) is 0 Å². The van der Waals surface area contributed by atoms with Crippen molar-refractivity contribution in [1.29, 1.82) is 0 Å². The summed E-state index contributed by atoms with van der Waals surface area (Å²) in [5, 5.41) is 4.42. The molecule has 0 bridgehead atoms. The van der Waals surface area contributed by atoms with Gasteiger partial charge in [0.1, 0.15) is 11.4 Å². The van der Waals surface area contributed by atoms with Crippen molar-refractivity contribution in [3.8, 4) is 0 Å². The predicted octanol–water partition coefficient (Wildman–Crippen LogP) is 3.37. The van der Waals surface area contributed by atoms with Crippen molar-refractivity contribution in [3.63, 3.8) is 0 Å². The van der Waals surface area contributed by atoms with Crippen molar-refractivity contribution in [3.05, 3.63) is 48.4 Å². The highest BCUT2D eigenvalue weighted by Crippen LogP contribution is 2.25. The molecule has 0 atom stereocenters. The first-order valence-corrected chi connectivity index (χ1v) is 7.29. The van der Waals surface area contributed by atoms with Gasteiger partial charge in [0.15, 0.2) is 0 Å². The Morgan fingerprint density at radius 1 is 1.16 bits per heavy atom. The molecule has 1 N–H and O–H groups in total. The van der Waals surface area contributed by atoms with Gasteiger partial charge in [0.2, 0.25) is 0 Å². The first-order valence-electron chi connectivity index (χ1n) is 6.47. The molecule has 0 aliphatic rings. The monoisotopic (exact) mass is 273 g/mol. The van der Waals surface area contributed by atoms with Gasteiger partial charge >= 0.3 is 0 Å². The standard InChI is InChI=1S/C15H19N3S/c1-12(2)9-17-10-13-3-5-14(6-4-13)19-15-7-8-16-11-18-15/h3-8,11-12,17H,9-10H2,1-2H3. The van der Waals surface area contributed by atoms with Crippen molar-refractivity contribution in [2.75, 3.05) is 6.54 Å². The molecule has 0 aliphatic carbocycles. The van der Waals surface area contributed by atoms with E-state index < -0.39 is 0 Å². The van der Waals surface area contributed by atoms with Crippen LogP contribution in [0.5, 0.6) is 0 Å². The maximum absolute atomic E-state index is 4.20. The summed E-state index contributed by atoms with van der Waals surface area (Å²) >= 11 is 1.65. The second kappa shape index (κ2) is 7.26. The minimum atomic E-state index is 0.688. The Labute approximate surface area is 118 Å². The smallest absolute Gasteiger partial charge is 0.116 e. The number of benzene rings is 1. The van der Waals surface area contributed by atoms with E-state index in [0.717, 1.165) is 18.1 Å². The van der Waals surface area contributed by atoms with Crippen LogP contribution in [-0.4, -0.2) is 16.5 Å². The average Bonchev–Trinajstić information content (AvgIpc) is 2.42. The highest BCUT2D eigenvalue weighted by atomic mass is 32.2. The van der Waals surface area contributed by atoms with E-state index in [2.05, 4.69) is 53.4 Å². The summed E-state index contributed by atoms with van der Waals surface area (Å²) in [5.41, 5.74) is 1.31. The third-order valence-electron chi connectivity index (χ3n) is 2.58. The van der Waals surface area contributed by atoms with Crippen LogP contribution in [0.2, 0.25) is 0 Å². The zero-order valence-corrected chi connectivity index (χ0v) is 12.2. The van der Waals surface area contributed by atoms with Crippen LogP contribution in [0.15, 0.2) is 52.8 Å². The molecule has 0 spiro atoms. The highest BCUT2D eigenvalue weighted by molar-refractivity contribution is 7.99. The molecule has 0 radical (unpaired) electrons. The van der Waals surface area contributed by atoms with Gasteiger partial charge < -0.3 is 5.32 Å². The van der Waals surface area contributed by atoms with Crippen molar-refractivity contribution >= 4 is 11.8 Å². The van der Waals surface area contributed by atoms with E-state index >= 15 is 0 Å². The first kappa shape index (κ1) is 14.0. The van der Waals surface area contributed by atoms with Crippen LogP contribution in [0.1, 0.15) is 19.4 Å². The zero-order valence-electron chi connectivity index (χ0n) is 11.3. The molecular formula is C15H19N3S. The third kappa shape index (κ3) is 5.01. The lowest BCUT2D eigenvalue weighted by atomic mass is 10.2. The summed E-state index contributed by atoms with van der Waals surface area (Å²) in [4.78, 5) is 9.32. The topological polar surface area (TPSA) is 37.8 Å². The van der Waals surface area contributed by atoms with E-state index in [1.54, 1.807) is 24.3 Å². The van der Waals surface area contributed by atoms with E-state index in [1.807, 2.05) is 6.07 Å². The normalized spacial score (nSPS) is 10.9. The number of hydrogen-bond acceptors (Lipinski definition) is 4. The summed E-state index contributed by atoms with van der Waals surface area (Å²) in [7, 11) is 0. The van der Waals surface area contributed by atoms with Gasteiger partial charge in [-0.3, -0.25) is 0 Å². The van der Waals surface area contributed by atoms with E-state index in [1.165, 1.54) is 10.5 Å². The Hall–Kier alpha value is -1.39. The molecular weight excluding hydrogens is 254 g/mol. The maximum atomic E-state index is 4.20.